The molecule has 80 valence electrons. The fraction of sp³-hybridized carbons (Fsp3) is 0.250. The van der Waals surface area contributed by atoms with E-state index in [1.54, 1.807) is 11.8 Å². The zero-order valence-electron chi connectivity index (χ0n) is 8.99. The fourth-order valence-corrected chi connectivity index (χ4v) is 2.04. The number of benzene rings is 1. The van der Waals surface area contributed by atoms with Crippen LogP contribution in [0.5, 0.6) is 0 Å². The average Bonchev–Trinajstić information content (AvgIpc) is 2.18. The van der Waals surface area contributed by atoms with Gasteiger partial charge in [0, 0.05) is 11.4 Å². The van der Waals surface area contributed by atoms with Crippen LogP contribution in [0.1, 0.15) is 13.8 Å². The maximum atomic E-state index is 5.21. The Morgan fingerprint density at radius 1 is 1.33 bits per heavy atom. The van der Waals surface area contributed by atoms with Gasteiger partial charge in [0.15, 0.2) is 0 Å². The summed E-state index contributed by atoms with van der Waals surface area (Å²) in [6, 6.07) is 9.99. The maximum Gasteiger partial charge on any atom is 0.138 e. The highest BCUT2D eigenvalue weighted by molar-refractivity contribution is 8.23. The molecule has 1 rings (SSSR count). The largest absolute Gasteiger partial charge is 0.341 e. The van der Waals surface area contributed by atoms with E-state index >= 15 is 0 Å². The highest BCUT2D eigenvalue weighted by Gasteiger charge is 1.96. The number of anilines is 1. The smallest absolute Gasteiger partial charge is 0.138 e. The van der Waals surface area contributed by atoms with Gasteiger partial charge in [-0.3, -0.25) is 0 Å². The molecule has 3 heteroatoms. The van der Waals surface area contributed by atoms with Gasteiger partial charge in [0.05, 0.1) is 0 Å². The zero-order chi connectivity index (χ0) is 11.1. The van der Waals surface area contributed by atoms with Crippen LogP contribution in [0.3, 0.4) is 0 Å². The Labute approximate surface area is 101 Å². The lowest BCUT2D eigenvalue weighted by Crippen LogP contribution is -2.04. The van der Waals surface area contributed by atoms with E-state index in [0.717, 1.165) is 15.8 Å². The van der Waals surface area contributed by atoms with Gasteiger partial charge in [-0.2, -0.15) is 0 Å². The van der Waals surface area contributed by atoms with E-state index in [4.69, 9.17) is 12.2 Å². The lowest BCUT2D eigenvalue weighted by atomic mass is 10.3. The summed E-state index contributed by atoms with van der Waals surface area (Å²) in [5, 5.41) is 3.18. The molecule has 1 aromatic carbocycles. The van der Waals surface area contributed by atoms with E-state index < -0.39 is 0 Å². The molecule has 0 aliphatic rings. The third kappa shape index (κ3) is 5.60. The molecule has 1 nitrogen and oxygen atoms in total. The SMILES string of the molecule is CC(C)=CCSC(=S)Nc1ccccc1. The van der Waals surface area contributed by atoms with Crippen molar-refractivity contribution >= 4 is 34.0 Å². The molecular formula is C12H15NS2. The van der Waals surface area contributed by atoms with Crippen molar-refractivity contribution in [2.24, 2.45) is 0 Å². The Balaban J connectivity index is 2.34. The normalized spacial score (nSPS) is 9.47. The summed E-state index contributed by atoms with van der Waals surface area (Å²) >= 11 is 6.85. The molecule has 0 radical (unpaired) electrons. The van der Waals surface area contributed by atoms with Crippen LogP contribution in [0.15, 0.2) is 42.0 Å². The van der Waals surface area contributed by atoms with E-state index in [-0.39, 0.29) is 0 Å². The fourth-order valence-electron chi connectivity index (χ4n) is 0.959. The molecule has 0 fully saturated rings. The van der Waals surface area contributed by atoms with Crippen LogP contribution in [0.25, 0.3) is 0 Å². The predicted octanol–water partition coefficient (Wildman–Crippen LogP) is 4.08. The first-order chi connectivity index (χ1) is 7.18. The van der Waals surface area contributed by atoms with E-state index in [1.165, 1.54) is 5.57 Å². The van der Waals surface area contributed by atoms with Crippen LogP contribution in [-0.2, 0) is 0 Å². The van der Waals surface area contributed by atoms with Crippen molar-refractivity contribution in [2.75, 3.05) is 11.1 Å². The number of para-hydroxylation sites is 1. The second-order valence-corrected chi connectivity index (χ2v) is 5.07. The first kappa shape index (κ1) is 12.3. The summed E-state index contributed by atoms with van der Waals surface area (Å²) in [5.41, 5.74) is 2.37. The Bertz CT molecular complexity index is 340. The molecule has 0 unspecified atom stereocenters. The Kier molecular flexibility index (Phi) is 5.43. The molecule has 0 heterocycles. The quantitative estimate of drug-likeness (QED) is 0.628. The molecule has 0 amide bonds. The van der Waals surface area contributed by atoms with E-state index in [0.29, 0.717) is 0 Å². The van der Waals surface area contributed by atoms with Crippen LogP contribution in [-0.4, -0.2) is 10.1 Å². The zero-order valence-corrected chi connectivity index (χ0v) is 10.6. The highest BCUT2D eigenvalue weighted by Crippen LogP contribution is 2.11. The van der Waals surface area contributed by atoms with Crippen molar-refractivity contribution in [1.29, 1.82) is 0 Å². The molecule has 0 saturated carbocycles. The van der Waals surface area contributed by atoms with Gasteiger partial charge < -0.3 is 5.32 Å². The molecule has 0 aliphatic carbocycles. The minimum atomic E-state index is 0.818. The van der Waals surface area contributed by atoms with Gasteiger partial charge in [-0.1, -0.05) is 53.8 Å². The Morgan fingerprint density at radius 3 is 2.60 bits per heavy atom. The average molecular weight is 237 g/mol. The monoisotopic (exact) mass is 237 g/mol. The van der Waals surface area contributed by atoms with Gasteiger partial charge in [-0.05, 0) is 26.0 Å². The summed E-state index contributed by atoms with van der Waals surface area (Å²) in [6.45, 7) is 4.18. The molecule has 15 heavy (non-hydrogen) atoms. The number of nitrogens with one attached hydrogen (secondary N) is 1. The molecule has 0 spiro atoms. The second-order valence-electron chi connectivity index (χ2n) is 3.37. The predicted molar refractivity (Wildman–Crippen MR) is 74.6 cm³/mol. The van der Waals surface area contributed by atoms with Gasteiger partial charge in [0.25, 0.3) is 0 Å². The van der Waals surface area contributed by atoms with Crippen molar-refractivity contribution in [3.8, 4) is 0 Å². The highest BCUT2D eigenvalue weighted by atomic mass is 32.2. The molecule has 0 bridgehead atoms. The van der Waals surface area contributed by atoms with E-state index in [1.807, 2.05) is 30.3 Å². The number of hydrogen-bond donors (Lipinski definition) is 1. The number of thioether (sulfide) groups is 1. The number of hydrogen-bond acceptors (Lipinski definition) is 2. The third-order valence-electron chi connectivity index (χ3n) is 1.73. The lowest BCUT2D eigenvalue weighted by molar-refractivity contribution is 1.37. The number of allylic oxidation sites excluding steroid dienone is 1. The number of rotatable bonds is 3. The van der Waals surface area contributed by atoms with Crippen LogP contribution >= 0.6 is 24.0 Å². The summed E-state index contributed by atoms with van der Waals surface area (Å²) in [7, 11) is 0. The van der Waals surface area contributed by atoms with Crippen LogP contribution < -0.4 is 5.32 Å². The van der Waals surface area contributed by atoms with Gasteiger partial charge in [0.2, 0.25) is 0 Å². The summed E-state index contributed by atoms with van der Waals surface area (Å²) in [4.78, 5) is 0. The Hall–Kier alpha value is -0.800. The van der Waals surface area contributed by atoms with Crippen LogP contribution in [0.2, 0.25) is 0 Å². The molecule has 0 aliphatic heterocycles. The molecular weight excluding hydrogens is 222 g/mol. The summed E-state index contributed by atoms with van der Waals surface area (Å²) < 4.78 is 0.818. The van der Waals surface area contributed by atoms with Gasteiger partial charge in [0.1, 0.15) is 4.32 Å². The molecule has 0 aromatic heterocycles. The van der Waals surface area contributed by atoms with Crippen LogP contribution in [0.4, 0.5) is 5.69 Å². The lowest BCUT2D eigenvalue weighted by Gasteiger charge is -2.05. The third-order valence-corrected chi connectivity index (χ3v) is 2.88. The first-order valence-electron chi connectivity index (χ1n) is 4.80. The topological polar surface area (TPSA) is 12.0 Å². The summed E-state index contributed by atoms with van der Waals surface area (Å²) in [5.74, 6) is 0.932. The number of thiocarbonyl (C=S) groups is 1. The van der Waals surface area contributed by atoms with Crippen molar-refractivity contribution in [3.63, 3.8) is 0 Å². The standard InChI is InChI=1S/C12H15NS2/c1-10(2)8-9-15-12(14)13-11-6-4-3-5-7-11/h3-8H,9H2,1-2H3,(H,13,14). The Morgan fingerprint density at radius 2 is 2.00 bits per heavy atom. The van der Waals surface area contributed by atoms with Gasteiger partial charge in [-0.25, -0.2) is 0 Å². The van der Waals surface area contributed by atoms with Crippen molar-refractivity contribution in [2.45, 2.75) is 13.8 Å². The minimum absolute atomic E-state index is 0.818. The first-order valence-corrected chi connectivity index (χ1v) is 6.20. The van der Waals surface area contributed by atoms with Crippen molar-refractivity contribution in [1.82, 2.24) is 0 Å². The minimum Gasteiger partial charge on any atom is -0.341 e. The van der Waals surface area contributed by atoms with E-state index in [9.17, 15) is 0 Å². The maximum absolute atomic E-state index is 5.21. The van der Waals surface area contributed by atoms with Crippen molar-refractivity contribution in [3.05, 3.63) is 42.0 Å². The van der Waals surface area contributed by atoms with E-state index in [2.05, 4.69) is 25.2 Å². The van der Waals surface area contributed by atoms with Crippen LogP contribution in [0, 0.1) is 0 Å². The molecule has 1 aromatic rings. The molecule has 0 atom stereocenters. The molecule has 1 N–H and O–H groups in total. The second kappa shape index (κ2) is 6.64. The molecule has 0 saturated heterocycles. The summed E-state index contributed by atoms with van der Waals surface area (Å²) in [6.07, 6.45) is 2.17. The van der Waals surface area contributed by atoms with Gasteiger partial charge >= 0.3 is 0 Å². The van der Waals surface area contributed by atoms with Gasteiger partial charge in [-0.15, -0.1) is 0 Å². The van der Waals surface area contributed by atoms with Crippen molar-refractivity contribution < 1.29 is 0 Å².